The molecule has 0 aliphatic rings. The zero-order chi connectivity index (χ0) is 16.9. The molecule has 1 amide bonds. The van der Waals surface area contributed by atoms with Crippen LogP contribution in [0.2, 0.25) is 5.15 Å². The van der Waals surface area contributed by atoms with Gasteiger partial charge >= 0.3 is 6.09 Å². The van der Waals surface area contributed by atoms with Gasteiger partial charge in [0.05, 0.1) is 11.9 Å². The molecule has 2 aromatic heterocycles. The lowest BCUT2D eigenvalue weighted by Crippen LogP contribution is -2.26. The first-order valence-corrected chi connectivity index (χ1v) is 7.49. The fourth-order valence-corrected chi connectivity index (χ4v) is 2.20. The molecular formula is C16H13ClN4O3. The van der Waals surface area contributed by atoms with Gasteiger partial charge in [0.2, 0.25) is 0 Å². The summed E-state index contributed by atoms with van der Waals surface area (Å²) in [6.07, 6.45) is -0.611. The molecule has 8 heteroatoms. The molecule has 3 aromatic rings. The molecule has 0 fully saturated rings. The SMILES string of the molecule is O=C(NCc1nc2nc(Cl)ccc2c(=O)[nH]1)OCc1ccccc1. The fraction of sp³-hybridized carbons (Fsp3) is 0.125. The molecule has 24 heavy (non-hydrogen) atoms. The van der Waals surface area contributed by atoms with Crippen molar-refractivity contribution in [2.24, 2.45) is 0 Å². The molecule has 7 nitrogen and oxygen atoms in total. The van der Waals surface area contributed by atoms with Gasteiger partial charge < -0.3 is 15.0 Å². The molecular weight excluding hydrogens is 332 g/mol. The average Bonchev–Trinajstić information content (AvgIpc) is 2.58. The third-order valence-electron chi connectivity index (χ3n) is 3.20. The number of nitrogens with zero attached hydrogens (tertiary/aromatic N) is 2. The second kappa shape index (κ2) is 7.10. The number of aromatic nitrogens is 3. The molecule has 0 radical (unpaired) electrons. The number of amides is 1. The van der Waals surface area contributed by atoms with Crippen LogP contribution in [0.1, 0.15) is 11.4 Å². The van der Waals surface area contributed by atoms with Crippen LogP contribution < -0.4 is 10.9 Å². The Morgan fingerprint density at radius 2 is 1.96 bits per heavy atom. The summed E-state index contributed by atoms with van der Waals surface area (Å²) >= 11 is 5.80. The first-order valence-electron chi connectivity index (χ1n) is 7.12. The van der Waals surface area contributed by atoms with E-state index in [0.717, 1.165) is 5.56 Å². The van der Waals surface area contributed by atoms with Crippen LogP contribution in [0.25, 0.3) is 11.0 Å². The van der Waals surface area contributed by atoms with Crippen molar-refractivity contribution in [1.29, 1.82) is 0 Å². The van der Waals surface area contributed by atoms with Crippen LogP contribution in [-0.4, -0.2) is 21.0 Å². The third-order valence-corrected chi connectivity index (χ3v) is 3.41. The van der Waals surface area contributed by atoms with E-state index in [4.69, 9.17) is 16.3 Å². The minimum Gasteiger partial charge on any atom is -0.445 e. The van der Waals surface area contributed by atoms with E-state index < -0.39 is 6.09 Å². The van der Waals surface area contributed by atoms with Gasteiger partial charge in [-0.3, -0.25) is 4.79 Å². The van der Waals surface area contributed by atoms with Crippen LogP contribution in [0, 0.1) is 0 Å². The third kappa shape index (κ3) is 3.88. The van der Waals surface area contributed by atoms with E-state index in [9.17, 15) is 9.59 Å². The summed E-state index contributed by atoms with van der Waals surface area (Å²) in [7, 11) is 0. The Morgan fingerprint density at radius 3 is 2.75 bits per heavy atom. The number of benzene rings is 1. The lowest BCUT2D eigenvalue weighted by atomic mass is 10.2. The van der Waals surface area contributed by atoms with Crippen LogP contribution in [-0.2, 0) is 17.9 Å². The largest absolute Gasteiger partial charge is 0.445 e. The smallest absolute Gasteiger partial charge is 0.407 e. The Kier molecular flexibility index (Phi) is 4.72. The number of halogens is 1. The van der Waals surface area contributed by atoms with E-state index in [1.54, 1.807) is 6.07 Å². The molecule has 0 bridgehead atoms. The van der Waals surface area contributed by atoms with Gasteiger partial charge in [0, 0.05) is 0 Å². The molecule has 1 aromatic carbocycles. The van der Waals surface area contributed by atoms with Gasteiger partial charge in [-0.15, -0.1) is 0 Å². The number of alkyl carbamates (subject to hydrolysis) is 1. The first-order chi connectivity index (χ1) is 11.6. The van der Waals surface area contributed by atoms with E-state index in [1.165, 1.54) is 6.07 Å². The molecule has 0 spiro atoms. The topological polar surface area (TPSA) is 97.0 Å². The normalized spacial score (nSPS) is 10.5. The molecule has 3 rings (SSSR count). The molecule has 0 atom stereocenters. The highest BCUT2D eigenvalue weighted by atomic mass is 35.5. The number of ether oxygens (including phenoxy) is 1. The van der Waals surface area contributed by atoms with Crippen molar-refractivity contribution in [3.05, 3.63) is 69.4 Å². The van der Waals surface area contributed by atoms with E-state index >= 15 is 0 Å². The zero-order valence-electron chi connectivity index (χ0n) is 12.5. The van der Waals surface area contributed by atoms with Crippen molar-refractivity contribution in [2.45, 2.75) is 13.2 Å². The maximum Gasteiger partial charge on any atom is 0.407 e. The van der Waals surface area contributed by atoms with Gasteiger partial charge in [0.15, 0.2) is 5.65 Å². The van der Waals surface area contributed by atoms with Crippen molar-refractivity contribution in [3.63, 3.8) is 0 Å². The number of aromatic amines is 1. The van der Waals surface area contributed by atoms with E-state index in [-0.39, 0.29) is 35.3 Å². The standard InChI is InChI=1S/C16H13ClN4O3/c17-12-7-6-11-14(19-12)20-13(21-15(11)22)8-18-16(23)24-9-10-4-2-1-3-5-10/h1-7H,8-9H2,(H,18,23)(H,19,20,21,22). The van der Waals surface area contributed by atoms with Crippen LogP contribution in [0.4, 0.5) is 4.79 Å². The minimum atomic E-state index is -0.611. The van der Waals surface area contributed by atoms with E-state index in [2.05, 4.69) is 20.3 Å². The van der Waals surface area contributed by atoms with Crippen molar-refractivity contribution < 1.29 is 9.53 Å². The van der Waals surface area contributed by atoms with E-state index in [0.29, 0.717) is 5.39 Å². The maximum absolute atomic E-state index is 11.9. The molecule has 0 aliphatic carbocycles. The Hall–Kier alpha value is -2.93. The van der Waals surface area contributed by atoms with Gasteiger partial charge in [-0.25, -0.2) is 14.8 Å². The molecule has 0 saturated carbocycles. The monoisotopic (exact) mass is 344 g/mol. The molecule has 2 heterocycles. The van der Waals surface area contributed by atoms with Gasteiger partial charge in [0.25, 0.3) is 5.56 Å². The Bertz CT molecular complexity index is 928. The van der Waals surface area contributed by atoms with Gasteiger partial charge in [-0.1, -0.05) is 41.9 Å². The van der Waals surface area contributed by atoms with Crippen molar-refractivity contribution in [3.8, 4) is 0 Å². The zero-order valence-corrected chi connectivity index (χ0v) is 13.2. The van der Waals surface area contributed by atoms with E-state index in [1.807, 2.05) is 30.3 Å². The molecule has 2 N–H and O–H groups in total. The molecule has 0 unspecified atom stereocenters. The number of nitrogens with one attached hydrogen (secondary N) is 2. The summed E-state index contributed by atoms with van der Waals surface area (Å²) in [6, 6.07) is 12.4. The second-order valence-electron chi connectivity index (χ2n) is 4.93. The number of hydrogen-bond acceptors (Lipinski definition) is 5. The number of H-pyrrole nitrogens is 1. The lowest BCUT2D eigenvalue weighted by molar-refractivity contribution is 0.139. The second-order valence-corrected chi connectivity index (χ2v) is 5.32. The predicted octanol–water partition coefficient (Wildman–Crippen LogP) is 2.40. The number of pyridine rings is 1. The fourth-order valence-electron chi connectivity index (χ4n) is 2.06. The number of hydrogen-bond donors (Lipinski definition) is 2. The molecule has 122 valence electrons. The number of rotatable bonds is 4. The quantitative estimate of drug-likeness (QED) is 0.708. The minimum absolute atomic E-state index is 0.00694. The highest BCUT2D eigenvalue weighted by Crippen LogP contribution is 2.09. The van der Waals surface area contributed by atoms with Crippen LogP contribution in [0.5, 0.6) is 0 Å². The first kappa shape index (κ1) is 15.9. The summed E-state index contributed by atoms with van der Waals surface area (Å²) in [5.41, 5.74) is 0.753. The highest BCUT2D eigenvalue weighted by molar-refractivity contribution is 6.29. The van der Waals surface area contributed by atoms with Gasteiger partial charge in [0.1, 0.15) is 17.6 Å². The Balaban J connectivity index is 1.63. The summed E-state index contributed by atoms with van der Waals surface area (Å²) in [5.74, 6) is 0.263. The van der Waals surface area contributed by atoms with Crippen molar-refractivity contribution in [2.75, 3.05) is 0 Å². The lowest BCUT2D eigenvalue weighted by Gasteiger charge is -2.07. The summed E-state index contributed by atoms with van der Waals surface area (Å²) in [4.78, 5) is 34.4. The Morgan fingerprint density at radius 1 is 1.17 bits per heavy atom. The Labute approximate surface area is 141 Å². The summed E-state index contributed by atoms with van der Waals surface area (Å²) in [6.45, 7) is 0.165. The highest BCUT2D eigenvalue weighted by Gasteiger charge is 2.08. The van der Waals surface area contributed by atoms with Crippen LogP contribution in [0.15, 0.2) is 47.3 Å². The van der Waals surface area contributed by atoms with Gasteiger partial charge in [-0.2, -0.15) is 0 Å². The number of carbonyl (C=O) groups is 1. The summed E-state index contributed by atoms with van der Waals surface area (Å²) < 4.78 is 5.08. The van der Waals surface area contributed by atoms with Crippen molar-refractivity contribution >= 4 is 28.7 Å². The maximum atomic E-state index is 11.9. The van der Waals surface area contributed by atoms with Crippen LogP contribution >= 0.6 is 11.6 Å². The number of carbonyl (C=O) groups excluding carboxylic acids is 1. The predicted molar refractivity (Wildman–Crippen MR) is 88.6 cm³/mol. The van der Waals surface area contributed by atoms with Crippen molar-refractivity contribution in [1.82, 2.24) is 20.3 Å². The van der Waals surface area contributed by atoms with Crippen LogP contribution in [0.3, 0.4) is 0 Å². The summed E-state index contributed by atoms with van der Waals surface area (Å²) in [5, 5.41) is 3.09. The molecule has 0 aliphatic heterocycles. The number of fused-ring (bicyclic) bond motifs is 1. The molecule has 0 saturated heterocycles. The average molecular weight is 345 g/mol. The van der Waals surface area contributed by atoms with Gasteiger partial charge in [-0.05, 0) is 17.7 Å².